The van der Waals surface area contributed by atoms with E-state index < -0.39 is 5.97 Å². The summed E-state index contributed by atoms with van der Waals surface area (Å²) in [5, 5.41) is 1.06. The summed E-state index contributed by atoms with van der Waals surface area (Å²) in [4.78, 5) is 18.5. The number of hydrogen-bond donors (Lipinski definition) is 1. The molecule has 0 saturated carbocycles. The summed E-state index contributed by atoms with van der Waals surface area (Å²) in [6.45, 7) is 0. The topological polar surface area (TPSA) is 64.2 Å². The second-order valence-corrected chi connectivity index (χ2v) is 4.23. The zero-order valence-corrected chi connectivity index (χ0v) is 10.8. The first-order valence-corrected chi connectivity index (χ1v) is 6.04. The van der Waals surface area contributed by atoms with Gasteiger partial charge in [-0.1, -0.05) is 0 Å². The van der Waals surface area contributed by atoms with Crippen LogP contribution in [0.1, 0.15) is 10.4 Å². The van der Waals surface area contributed by atoms with Crippen LogP contribution >= 0.6 is 0 Å². The summed E-state index contributed by atoms with van der Waals surface area (Å²) < 4.78 is 10.4. The lowest BCUT2D eigenvalue weighted by atomic mass is 10.2. The highest BCUT2D eigenvalue weighted by molar-refractivity contribution is 5.89. The van der Waals surface area contributed by atoms with Crippen LogP contribution in [0.15, 0.2) is 48.9 Å². The van der Waals surface area contributed by atoms with Crippen molar-refractivity contribution in [2.45, 2.75) is 0 Å². The second-order valence-electron chi connectivity index (χ2n) is 4.23. The Balaban J connectivity index is 1.88. The minimum Gasteiger partial charge on any atom is -0.465 e. The average molecular weight is 268 g/mol. The summed E-state index contributed by atoms with van der Waals surface area (Å²) in [7, 11) is 1.33. The number of nitrogens with one attached hydrogen (secondary N) is 1. The van der Waals surface area contributed by atoms with Crippen molar-refractivity contribution in [1.82, 2.24) is 9.97 Å². The van der Waals surface area contributed by atoms with Crippen LogP contribution in [0.3, 0.4) is 0 Å². The number of rotatable bonds is 3. The summed E-state index contributed by atoms with van der Waals surface area (Å²) in [6.07, 6.45) is 4.86. The van der Waals surface area contributed by atoms with E-state index in [0.717, 1.165) is 10.9 Å². The van der Waals surface area contributed by atoms with Gasteiger partial charge in [-0.15, -0.1) is 0 Å². The maximum atomic E-state index is 11.4. The number of fused-ring (bicyclic) bond motifs is 1. The van der Waals surface area contributed by atoms with Crippen LogP contribution in [0.25, 0.3) is 10.9 Å². The van der Waals surface area contributed by atoms with Crippen molar-refractivity contribution in [3.05, 3.63) is 54.5 Å². The monoisotopic (exact) mass is 268 g/mol. The number of aromatic nitrogens is 2. The number of carbonyl (C=O) groups is 1. The molecule has 0 saturated heterocycles. The number of aromatic amines is 1. The molecule has 0 aliphatic heterocycles. The molecule has 1 aromatic carbocycles. The van der Waals surface area contributed by atoms with Crippen LogP contribution in [-0.4, -0.2) is 23.0 Å². The molecule has 0 bridgehead atoms. The number of carbonyl (C=O) groups excluding carboxylic acids is 1. The number of benzene rings is 1. The first-order valence-electron chi connectivity index (χ1n) is 6.04. The zero-order valence-electron chi connectivity index (χ0n) is 10.8. The lowest BCUT2D eigenvalue weighted by Gasteiger charge is -2.06. The molecule has 1 N–H and O–H groups in total. The Morgan fingerprint density at radius 3 is 2.90 bits per heavy atom. The average Bonchev–Trinajstić information content (AvgIpc) is 2.94. The SMILES string of the molecule is COC(=O)c1cncc(Oc2ccc3[nH]ccc3c2)c1. The standard InChI is InChI=1S/C15H12N2O3/c1-19-15(18)11-7-13(9-16-8-11)20-12-2-3-14-10(6-12)4-5-17-14/h2-9,17H,1H3. The molecular formula is C15H12N2O3. The third kappa shape index (κ3) is 2.33. The minimum atomic E-state index is -0.441. The van der Waals surface area contributed by atoms with Crippen molar-refractivity contribution in [2.75, 3.05) is 7.11 Å². The molecule has 20 heavy (non-hydrogen) atoms. The van der Waals surface area contributed by atoms with Crippen LogP contribution in [0.2, 0.25) is 0 Å². The van der Waals surface area contributed by atoms with Crippen molar-refractivity contribution in [1.29, 1.82) is 0 Å². The normalized spacial score (nSPS) is 10.4. The fourth-order valence-electron chi connectivity index (χ4n) is 1.94. The van der Waals surface area contributed by atoms with Gasteiger partial charge in [0.05, 0.1) is 18.9 Å². The van der Waals surface area contributed by atoms with E-state index in [9.17, 15) is 4.79 Å². The fourth-order valence-corrected chi connectivity index (χ4v) is 1.94. The van der Waals surface area contributed by atoms with Crippen molar-refractivity contribution >= 4 is 16.9 Å². The summed E-state index contributed by atoms with van der Waals surface area (Å²) in [5.41, 5.74) is 1.39. The zero-order chi connectivity index (χ0) is 13.9. The van der Waals surface area contributed by atoms with E-state index in [1.165, 1.54) is 13.3 Å². The highest BCUT2D eigenvalue weighted by Gasteiger charge is 2.08. The molecular weight excluding hydrogens is 256 g/mol. The number of hydrogen-bond acceptors (Lipinski definition) is 4. The molecule has 3 aromatic rings. The summed E-state index contributed by atoms with van der Waals surface area (Å²) >= 11 is 0. The van der Waals surface area contributed by atoms with Crippen LogP contribution in [0, 0.1) is 0 Å². The molecule has 0 amide bonds. The van der Waals surface area contributed by atoms with E-state index in [4.69, 9.17) is 4.74 Å². The van der Waals surface area contributed by atoms with Crippen molar-refractivity contribution in [3.63, 3.8) is 0 Å². The number of methoxy groups -OCH3 is 1. The lowest BCUT2D eigenvalue weighted by Crippen LogP contribution is -2.01. The molecule has 0 atom stereocenters. The van der Waals surface area contributed by atoms with E-state index in [1.54, 1.807) is 12.3 Å². The second kappa shape index (κ2) is 5.05. The van der Waals surface area contributed by atoms with E-state index >= 15 is 0 Å². The van der Waals surface area contributed by atoms with Crippen molar-refractivity contribution < 1.29 is 14.3 Å². The van der Waals surface area contributed by atoms with E-state index in [1.807, 2.05) is 30.5 Å². The molecule has 0 aliphatic carbocycles. The number of nitrogens with zero attached hydrogens (tertiary/aromatic N) is 1. The number of ether oxygens (including phenoxy) is 2. The number of pyridine rings is 1. The number of H-pyrrole nitrogens is 1. The third-order valence-corrected chi connectivity index (χ3v) is 2.89. The van der Waals surface area contributed by atoms with E-state index in [-0.39, 0.29) is 0 Å². The highest BCUT2D eigenvalue weighted by atomic mass is 16.5. The molecule has 0 radical (unpaired) electrons. The van der Waals surface area contributed by atoms with Gasteiger partial charge in [0, 0.05) is 23.3 Å². The highest BCUT2D eigenvalue weighted by Crippen LogP contribution is 2.25. The Kier molecular flexibility index (Phi) is 3.09. The number of esters is 1. The summed E-state index contributed by atoms with van der Waals surface area (Å²) in [6, 6.07) is 9.26. The van der Waals surface area contributed by atoms with Gasteiger partial charge in [-0.25, -0.2) is 4.79 Å². The molecule has 0 aliphatic rings. The molecule has 2 heterocycles. The van der Waals surface area contributed by atoms with Gasteiger partial charge >= 0.3 is 5.97 Å². The first kappa shape index (κ1) is 12.2. The van der Waals surface area contributed by atoms with Gasteiger partial charge < -0.3 is 14.5 Å². The van der Waals surface area contributed by atoms with Gasteiger partial charge in [0.1, 0.15) is 11.5 Å². The molecule has 0 unspecified atom stereocenters. The van der Waals surface area contributed by atoms with Crippen molar-refractivity contribution in [2.24, 2.45) is 0 Å². The Morgan fingerprint density at radius 2 is 2.05 bits per heavy atom. The van der Waals surface area contributed by atoms with Crippen molar-refractivity contribution in [3.8, 4) is 11.5 Å². The van der Waals surface area contributed by atoms with Gasteiger partial charge in [0.15, 0.2) is 0 Å². The molecule has 100 valence electrons. The van der Waals surface area contributed by atoms with Crippen LogP contribution in [-0.2, 0) is 4.74 Å². The Morgan fingerprint density at radius 1 is 1.15 bits per heavy atom. The third-order valence-electron chi connectivity index (χ3n) is 2.89. The quantitative estimate of drug-likeness (QED) is 0.741. The van der Waals surface area contributed by atoms with Gasteiger partial charge in [-0.2, -0.15) is 0 Å². The Labute approximate surface area is 115 Å². The van der Waals surface area contributed by atoms with Gasteiger partial charge in [0.2, 0.25) is 0 Å². The predicted molar refractivity (Wildman–Crippen MR) is 73.9 cm³/mol. The molecule has 2 aromatic heterocycles. The molecule has 3 rings (SSSR count). The van der Waals surface area contributed by atoms with E-state index in [2.05, 4.69) is 14.7 Å². The van der Waals surface area contributed by atoms with E-state index in [0.29, 0.717) is 17.1 Å². The Hall–Kier alpha value is -2.82. The lowest BCUT2D eigenvalue weighted by molar-refractivity contribution is 0.0600. The molecule has 5 heteroatoms. The summed E-state index contributed by atoms with van der Waals surface area (Å²) in [5.74, 6) is 0.729. The smallest absolute Gasteiger partial charge is 0.339 e. The minimum absolute atomic E-state index is 0.354. The van der Waals surface area contributed by atoms with Crippen LogP contribution < -0.4 is 4.74 Å². The van der Waals surface area contributed by atoms with Gasteiger partial charge in [-0.05, 0) is 30.3 Å². The van der Waals surface area contributed by atoms with Gasteiger partial charge in [0.25, 0.3) is 0 Å². The molecule has 5 nitrogen and oxygen atoms in total. The largest absolute Gasteiger partial charge is 0.465 e. The Bertz CT molecular complexity index is 764. The fraction of sp³-hybridized carbons (Fsp3) is 0.0667. The maximum absolute atomic E-state index is 11.4. The van der Waals surface area contributed by atoms with Crippen LogP contribution in [0.4, 0.5) is 0 Å². The maximum Gasteiger partial charge on any atom is 0.339 e. The van der Waals surface area contributed by atoms with Crippen LogP contribution in [0.5, 0.6) is 11.5 Å². The van der Waals surface area contributed by atoms with Gasteiger partial charge in [-0.3, -0.25) is 4.98 Å². The predicted octanol–water partition coefficient (Wildman–Crippen LogP) is 3.14. The first-order chi connectivity index (χ1) is 9.76. The molecule has 0 fully saturated rings. The molecule has 0 spiro atoms.